The Kier molecular flexibility index (Phi) is 2.25. The van der Waals surface area contributed by atoms with Gasteiger partial charge in [0, 0.05) is 21.7 Å². The molecule has 2 heterocycles. The summed E-state index contributed by atoms with van der Waals surface area (Å²) >= 11 is 3.52. The molecule has 1 aromatic carbocycles. The van der Waals surface area contributed by atoms with Gasteiger partial charge in [-0.25, -0.2) is 0 Å². The van der Waals surface area contributed by atoms with Gasteiger partial charge in [0.15, 0.2) is 11.5 Å². The molecule has 1 aromatic heterocycles. The minimum Gasteiger partial charge on any atom is -0.454 e. The van der Waals surface area contributed by atoms with Crippen molar-refractivity contribution in [1.29, 1.82) is 0 Å². The molecule has 6 heteroatoms. The highest BCUT2D eigenvalue weighted by Crippen LogP contribution is 2.44. The maximum atomic E-state index is 5.52. The summed E-state index contributed by atoms with van der Waals surface area (Å²) in [6.07, 6.45) is 0. The van der Waals surface area contributed by atoms with E-state index in [2.05, 4.69) is 21.1 Å². The molecule has 2 aromatic rings. The van der Waals surface area contributed by atoms with E-state index in [4.69, 9.17) is 19.7 Å². The van der Waals surface area contributed by atoms with E-state index >= 15 is 0 Å². The normalized spacial score (nSPS) is 13.1. The molecular formula is C11H9BrN2O3. The van der Waals surface area contributed by atoms with Crippen molar-refractivity contribution >= 4 is 21.8 Å². The van der Waals surface area contributed by atoms with Gasteiger partial charge in [0.25, 0.3) is 0 Å². The fraction of sp³-hybridized carbons (Fsp3) is 0.182. The summed E-state index contributed by atoms with van der Waals surface area (Å²) in [6, 6.07) is 3.53. The summed E-state index contributed by atoms with van der Waals surface area (Å²) in [4.78, 5) is 0. The third-order valence-corrected chi connectivity index (χ3v) is 3.65. The SMILES string of the molecule is Cc1c(Br)c(-c2cc(N)on2)cc2c1OCO2. The van der Waals surface area contributed by atoms with Crippen LogP contribution in [0.1, 0.15) is 5.56 Å². The van der Waals surface area contributed by atoms with Crippen molar-refractivity contribution in [3.63, 3.8) is 0 Å². The predicted molar refractivity (Wildman–Crippen MR) is 64.9 cm³/mol. The van der Waals surface area contributed by atoms with Crippen LogP contribution in [-0.4, -0.2) is 11.9 Å². The van der Waals surface area contributed by atoms with Gasteiger partial charge < -0.3 is 19.7 Å². The maximum absolute atomic E-state index is 5.52. The number of rotatable bonds is 1. The van der Waals surface area contributed by atoms with Crippen LogP contribution in [0.25, 0.3) is 11.3 Å². The Hall–Kier alpha value is -1.69. The Balaban J connectivity index is 2.21. The van der Waals surface area contributed by atoms with Crippen LogP contribution in [0.2, 0.25) is 0 Å². The number of benzene rings is 1. The van der Waals surface area contributed by atoms with Gasteiger partial charge in [0.2, 0.25) is 12.7 Å². The van der Waals surface area contributed by atoms with Crippen LogP contribution in [0.5, 0.6) is 11.5 Å². The minimum atomic E-state index is 0.243. The third-order valence-electron chi connectivity index (χ3n) is 2.63. The number of nitrogens with two attached hydrogens (primary N) is 1. The zero-order chi connectivity index (χ0) is 12.0. The molecule has 0 bridgehead atoms. The molecule has 1 aliphatic heterocycles. The number of anilines is 1. The minimum absolute atomic E-state index is 0.243. The second-order valence-electron chi connectivity index (χ2n) is 3.71. The van der Waals surface area contributed by atoms with Gasteiger partial charge in [-0.2, -0.15) is 0 Å². The molecule has 1 aliphatic rings. The van der Waals surface area contributed by atoms with Crippen molar-refractivity contribution < 1.29 is 14.0 Å². The highest BCUT2D eigenvalue weighted by Gasteiger charge is 2.22. The van der Waals surface area contributed by atoms with Gasteiger partial charge in [-0.3, -0.25) is 0 Å². The second kappa shape index (κ2) is 3.66. The van der Waals surface area contributed by atoms with Crippen LogP contribution in [0.4, 0.5) is 5.88 Å². The molecule has 17 heavy (non-hydrogen) atoms. The lowest BCUT2D eigenvalue weighted by Crippen LogP contribution is -1.93. The van der Waals surface area contributed by atoms with Gasteiger partial charge in [-0.15, -0.1) is 0 Å². The Morgan fingerprint density at radius 1 is 1.35 bits per heavy atom. The van der Waals surface area contributed by atoms with Crippen molar-refractivity contribution in [2.75, 3.05) is 12.5 Å². The maximum Gasteiger partial charge on any atom is 0.231 e. The third kappa shape index (κ3) is 1.56. The molecule has 88 valence electrons. The quantitative estimate of drug-likeness (QED) is 0.876. The van der Waals surface area contributed by atoms with E-state index in [1.165, 1.54) is 0 Å². The van der Waals surface area contributed by atoms with Crippen LogP contribution in [-0.2, 0) is 0 Å². The number of hydrogen-bond acceptors (Lipinski definition) is 5. The lowest BCUT2D eigenvalue weighted by Gasteiger charge is -2.07. The van der Waals surface area contributed by atoms with E-state index in [1.807, 2.05) is 13.0 Å². The van der Waals surface area contributed by atoms with Crippen molar-refractivity contribution in [3.8, 4) is 22.8 Å². The molecule has 0 amide bonds. The summed E-state index contributed by atoms with van der Waals surface area (Å²) in [5, 5.41) is 3.89. The molecule has 0 aliphatic carbocycles. The average Bonchev–Trinajstić information content (AvgIpc) is 2.91. The molecule has 0 saturated heterocycles. The molecule has 2 N–H and O–H groups in total. The number of fused-ring (bicyclic) bond motifs is 1. The molecule has 3 rings (SSSR count). The molecule has 5 nitrogen and oxygen atoms in total. The molecule has 0 saturated carbocycles. The van der Waals surface area contributed by atoms with Gasteiger partial charge in [-0.05, 0) is 28.9 Å². The van der Waals surface area contributed by atoms with Crippen LogP contribution < -0.4 is 15.2 Å². The van der Waals surface area contributed by atoms with Crippen LogP contribution in [0.3, 0.4) is 0 Å². The molecular weight excluding hydrogens is 288 g/mol. The number of nitrogen functional groups attached to an aromatic ring is 1. The Labute approximate surface area is 106 Å². The van der Waals surface area contributed by atoms with E-state index in [9.17, 15) is 0 Å². The van der Waals surface area contributed by atoms with E-state index in [-0.39, 0.29) is 12.7 Å². The summed E-state index contributed by atoms with van der Waals surface area (Å²) in [5.41, 5.74) is 8.02. The second-order valence-corrected chi connectivity index (χ2v) is 4.50. The molecule has 0 atom stereocenters. The first kappa shape index (κ1) is 10.5. The lowest BCUT2D eigenvalue weighted by atomic mass is 10.1. The number of halogens is 1. The van der Waals surface area contributed by atoms with E-state index in [0.717, 1.165) is 21.3 Å². The van der Waals surface area contributed by atoms with E-state index < -0.39 is 0 Å². The molecule has 0 fully saturated rings. The zero-order valence-corrected chi connectivity index (χ0v) is 10.6. The topological polar surface area (TPSA) is 70.5 Å². The van der Waals surface area contributed by atoms with Crippen molar-refractivity contribution in [2.45, 2.75) is 6.92 Å². The van der Waals surface area contributed by atoms with Crippen LogP contribution in [0.15, 0.2) is 21.1 Å². The molecule has 0 radical (unpaired) electrons. The van der Waals surface area contributed by atoms with E-state index in [1.54, 1.807) is 6.07 Å². The Bertz CT molecular complexity index is 595. The first-order valence-corrected chi connectivity index (χ1v) is 5.77. The van der Waals surface area contributed by atoms with E-state index in [0.29, 0.717) is 11.4 Å². The van der Waals surface area contributed by atoms with Crippen molar-refractivity contribution in [1.82, 2.24) is 5.16 Å². The first-order valence-electron chi connectivity index (χ1n) is 4.98. The fourth-order valence-electron chi connectivity index (χ4n) is 1.79. The summed E-state index contributed by atoms with van der Waals surface area (Å²) in [5.74, 6) is 1.75. The van der Waals surface area contributed by atoms with Gasteiger partial charge >= 0.3 is 0 Å². The number of nitrogens with zero attached hydrogens (tertiary/aromatic N) is 1. The number of aromatic nitrogens is 1. The highest BCUT2D eigenvalue weighted by molar-refractivity contribution is 9.10. The molecule has 0 unspecified atom stereocenters. The summed E-state index contributed by atoms with van der Waals surface area (Å²) < 4.78 is 16.5. The monoisotopic (exact) mass is 296 g/mol. The van der Waals surface area contributed by atoms with Crippen LogP contribution >= 0.6 is 15.9 Å². The highest BCUT2D eigenvalue weighted by atomic mass is 79.9. The van der Waals surface area contributed by atoms with Gasteiger partial charge in [-0.1, -0.05) is 5.16 Å². The first-order chi connectivity index (χ1) is 8.16. The fourth-order valence-corrected chi connectivity index (χ4v) is 2.29. The standard InChI is InChI=1S/C11H9BrN2O3/c1-5-10(12)6(7-3-9(13)17-14-7)2-8-11(5)16-4-15-8/h2-3H,4,13H2,1H3. The molecule has 0 spiro atoms. The van der Waals surface area contributed by atoms with Crippen molar-refractivity contribution in [3.05, 3.63) is 22.2 Å². The zero-order valence-electron chi connectivity index (χ0n) is 8.99. The van der Waals surface area contributed by atoms with Crippen molar-refractivity contribution in [2.24, 2.45) is 0 Å². The largest absolute Gasteiger partial charge is 0.454 e. The lowest BCUT2D eigenvalue weighted by molar-refractivity contribution is 0.173. The predicted octanol–water partition coefficient (Wildman–Crippen LogP) is 2.72. The average molecular weight is 297 g/mol. The van der Waals surface area contributed by atoms with Gasteiger partial charge in [0.05, 0.1) is 0 Å². The Morgan fingerprint density at radius 3 is 2.88 bits per heavy atom. The number of hydrogen-bond donors (Lipinski definition) is 1. The number of ether oxygens (including phenoxy) is 2. The smallest absolute Gasteiger partial charge is 0.231 e. The summed E-state index contributed by atoms with van der Waals surface area (Å²) in [6.45, 7) is 2.19. The van der Waals surface area contributed by atoms with Gasteiger partial charge in [0.1, 0.15) is 5.69 Å². The van der Waals surface area contributed by atoms with Crippen LogP contribution in [0, 0.1) is 6.92 Å². The summed E-state index contributed by atoms with van der Waals surface area (Å²) in [7, 11) is 0. The Morgan fingerprint density at radius 2 is 2.18 bits per heavy atom.